The molecule has 1 aromatic rings. The summed E-state index contributed by atoms with van der Waals surface area (Å²) < 4.78 is 4.42. The molecule has 0 spiro atoms. The number of hydrogen-bond acceptors (Lipinski definition) is 3. The van der Waals surface area contributed by atoms with Crippen molar-refractivity contribution in [2.24, 2.45) is 0 Å². The van der Waals surface area contributed by atoms with Crippen molar-refractivity contribution < 1.29 is 19.4 Å². The summed E-state index contributed by atoms with van der Waals surface area (Å²) in [6, 6.07) is 6.69. The van der Waals surface area contributed by atoms with Gasteiger partial charge in [0.1, 0.15) is 0 Å². The molecule has 1 aromatic carbocycles. The third-order valence-electron chi connectivity index (χ3n) is 2.03. The van der Waals surface area contributed by atoms with Crippen LogP contribution in [0.5, 0.6) is 0 Å². The molecule has 0 saturated carbocycles. The van der Waals surface area contributed by atoms with Crippen molar-refractivity contribution in [2.45, 2.75) is 6.42 Å². The zero-order valence-corrected chi connectivity index (χ0v) is 9.90. The maximum absolute atomic E-state index is 11.0. The Kier molecular flexibility index (Phi) is 4.72. The number of carboxylic acids is 1. The Morgan fingerprint density at radius 2 is 2.18 bits per heavy atom. The van der Waals surface area contributed by atoms with Gasteiger partial charge in [-0.05, 0) is 23.8 Å². The molecule has 0 saturated heterocycles. The number of rotatable bonds is 4. The van der Waals surface area contributed by atoms with E-state index in [9.17, 15) is 9.59 Å². The monoisotopic (exact) mass is 254 g/mol. The minimum absolute atomic E-state index is 0.0425. The Bertz CT molecular complexity index is 465. The summed E-state index contributed by atoms with van der Waals surface area (Å²) in [5.74, 6) is -1.75. The molecule has 0 heterocycles. The van der Waals surface area contributed by atoms with Crippen LogP contribution in [0.1, 0.15) is 12.0 Å². The van der Waals surface area contributed by atoms with Crippen molar-refractivity contribution in [3.63, 3.8) is 0 Å². The fourth-order valence-electron chi connectivity index (χ4n) is 1.21. The van der Waals surface area contributed by atoms with Crippen molar-refractivity contribution in [2.75, 3.05) is 7.11 Å². The first-order valence-corrected chi connectivity index (χ1v) is 5.17. The molecule has 90 valence electrons. The lowest BCUT2D eigenvalue weighted by Crippen LogP contribution is -2.08. The molecule has 0 aromatic heterocycles. The molecule has 1 rings (SSSR count). The normalized spacial score (nSPS) is 11.1. The van der Waals surface area contributed by atoms with E-state index in [1.165, 1.54) is 13.2 Å². The number of carbonyl (C=O) groups is 2. The van der Waals surface area contributed by atoms with Gasteiger partial charge in [-0.25, -0.2) is 4.79 Å². The summed E-state index contributed by atoms with van der Waals surface area (Å²) in [7, 11) is 1.21. The van der Waals surface area contributed by atoms with Crippen LogP contribution >= 0.6 is 11.6 Å². The summed E-state index contributed by atoms with van der Waals surface area (Å²) in [6.07, 6.45) is 1.11. The molecule has 0 aliphatic carbocycles. The molecular formula is C12H11ClO4. The van der Waals surface area contributed by atoms with Gasteiger partial charge in [-0.15, -0.1) is 0 Å². The van der Waals surface area contributed by atoms with E-state index in [0.29, 0.717) is 10.6 Å². The number of hydrogen-bond donors (Lipinski definition) is 1. The van der Waals surface area contributed by atoms with Gasteiger partial charge in [0.15, 0.2) is 0 Å². The molecule has 0 amide bonds. The first kappa shape index (κ1) is 13.3. The minimum Gasteiger partial charge on any atom is -0.478 e. The number of halogens is 1. The molecule has 0 unspecified atom stereocenters. The van der Waals surface area contributed by atoms with Crippen molar-refractivity contribution in [1.29, 1.82) is 0 Å². The lowest BCUT2D eigenvalue weighted by Gasteiger charge is -2.01. The van der Waals surface area contributed by atoms with Crippen LogP contribution in [0.25, 0.3) is 6.08 Å². The molecule has 0 aliphatic rings. The van der Waals surface area contributed by atoms with Crippen LogP contribution in [0.2, 0.25) is 5.02 Å². The average Bonchev–Trinajstić information content (AvgIpc) is 2.27. The second kappa shape index (κ2) is 6.06. The quantitative estimate of drug-likeness (QED) is 0.662. The van der Waals surface area contributed by atoms with Gasteiger partial charge in [0.05, 0.1) is 13.5 Å². The lowest BCUT2D eigenvalue weighted by atomic mass is 10.1. The van der Waals surface area contributed by atoms with Gasteiger partial charge in [0.25, 0.3) is 0 Å². The van der Waals surface area contributed by atoms with E-state index in [1.807, 2.05) is 0 Å². The summed E-state index contributed by atoms with van der Waals surface area (Å²) >= 11 is 5.77. The van der Waals surface area contributed by atoms with Gasteiger partial charge in [0, 0.05) is 10.6 Å². The Labute approximate surface area is 103 Å². The van der Waals surface area contributed by atoms with Gasteiger partial charge < -0.3 is 9.84 Å². The second-order valence-electron chi connectivity index (χ2n) is 3.28. The highest BCUT2D eigenvalue weighted by molar-refractivity contribution is 6.30. The van der Waals surface area contributed by atoms with Crippen LogP contribution in [0.4, 0.5) is 0 Å². The Morgan fingerprint density at radius 1 is 1.47 bits per heavy atom. The van der Waals surface area contributed by atoms with Crippen LogP contribution in [-0.2, 0) is 14.3 Å². The first-order chi connectivity index (χ1) is 8.02. The van der Waals surface area contributed by atoms with E-state index in [1.54, 1.807) is 24.3 Å². The first-order valence-electron chi connectivity index (χ1n) is 4.79. The topological polar surface area (TPSA) is 63.6 Å². The summed E-state index contributed by atoms with van der Waals surface area (Å²) in [5.41, 5.74) is 0.581. The third-order valence-corrected chi connectivity index (χ3v) is 2.26. The fourth-order valence-corrected chi connectivity index (χ4v) is 1.41. The van der Waals surface area contributed by atoms with Gasteiger partial charge in [-0.1, -0.05) is 23.7 Å². The molecule has 0 aliphatic heterocycles. The van der Waals surface area contributed by atoms with E-state index >= 15 is 0 Å². The van der Waals surface area contributed by atoms with E-state index in [2.05, 4.69) is 4.74 Å². The van der Waals surface area contributed by atoms with Crippen LogP contribution < -0.4 is 0 Å². The number of benzene rings is 1. The van der Waals surface area contributed by atoms with E-state index in [0.717, 1.165) is 0 Å². The Hall–Kier alpha value is -1.81. The van der Waals surface area contributed by atoms with Gasteiger partial charge in [-0.3, -0.25) is 4.79 Å². The highest BCUT2D eigenvalue weighted by Gasteiger charge is 2.13. The molecule has 0 bridgehead atoms. The third kappa shape index (κ3) is 4.28. The minimum atomic E-state index is -1.16. The van der Waals surface area contributed by atoms with Crippen LogP contribution in [-0.4, -0.2) is 24.2 Å². The summed E-state index contributed by atoms with van der Waals surface area (Å²) in [5, 5.41) is 9.44. The molecule has 17 heavy (non-hydrogen) atoms. The number of esters is 1. The smallest absolute Gasteiger partial charge is 0.332 e. The predicted octanol–water partition coefficient (Wildman–Crippen LogP) is 2.37. The van der Waals surface area contributed by atoms with Gasteiger partial charge >= 0.3 is 11.9 Å². The lowest BCUT2D eigenvalue weighted by molar-refractivity contribution is -0.142. The predicted molar refractivity (Wildman–Crippen MR) is 63.7 cm³/mol. The molecule has 4 nitrogen and oxygen atoms in total. The van der Waals surface area contributed by atoms with E-state index < -0.39 is 11.9 Å². The zero-order valence-electron chi connectivity index (χ0n) is 9.14. The molecule has 0 atom stereocenters. The molecule has 0 fully saturated rings. The number of methoxy groups -OCH3 is 1. The Balaban J connectivity index is 2.98. The molecule has 5 heteroatoms. The summed E-state index contributed by atoms with van der Waals surface area (Å²) in [6.45, 7) is 0. The zero-order chi connectivity index (χ0) is 12.8. The SMILES string of the molecule is COC(=O)C/C(=C/c1cccc(Cl)c1)C(=O)O. The molecule has 0 radical (unpaired) electrons. The van der Waals surface area contributed by atoms with Gasteiger partial charge in [-0.2, -0.15) is 0 Å². The standard InChI is InChI=1S/C12H11ClO4/c1-17-11(14)7-9(12(15)16)5-8-3-2-4-10(13)6-8/h2-6H,7H2,1H3,(H,15,16)/b9-5-. The van der Waals surface area contributed by atoms with Crippen molar-refractivity contribution in [1.82, 2.24) is 0 Å². The average molecular weight is 255 g/mol. The number of carbonyl (C=O) groups excluding carboxylic acids is 1. The van der Waals surface area contributed by atoms with Crippen LogP contribution in [0, 0.1) is 0 Å². The van der Waals surface area contributed by atoms with Crippen molar-refractivity contribution in [3.8, 4) is 0 Å². The van der Waals surface area contributed by atoms with Crippen LogP contribution in [0.15, 0.2) is 29.8 Å². The second-order valence-corrected chi connectivity index (χ2v) is 3.72. The number of ether oxygens (including phenoxy) is 1. The van der Waals surface area contributed by atoms with Crippen molar-refractivity contribution >= 4 is 29.6 Å². The van der Waals surface area contributed by atoms with E-state index in [-0.39, 0.29) is 12.0 Å². The maximum Gasteiger partial charge on any atom is 0.332 e. The highest BCUT2D eigenvalue weighted by Crippen LogP contribution is 2.15. The van der Waals surface area contributed by atoms with Gasteiger partial charge in [0.2, 0.25) is 0 Å². The summed E-state index contributed by atoms with van der Waals surface area (Å²) in [4.78, 5) is 22.0. The fraction of sp³-hybridized carbons (Fsp3) is 0.167. The molecular weight excluding hydrogens is 244 g/mol. The largest absolute Gasteiger partial charge is 0.478 e. The number of aliphatic carboxylic acids is 1. The molecule has 1 N–H and O–H groups in total. The van der Waals surface area contributed by atoms with Crippen LogP contribution in [0.3, 0.4) is 0 Å². The Morgan fingerprint density at radius 3 is 2.71 bits per heavy atom. The number of carboxylic acid groups (broad SMARTS) is 1. The highest BCUT2D eigenvalue weighted by atomic mass is 35.5. The maximum atomic E-state index is 11.0. The van der Waals surface area contributed by atoms with Crippen molar-refractivity contribution in [3.05, 3.63) is 40.4 Å². The van der Waals surface area contributed by atoms with E-state index in [4.69, 9.17) is 16.7 Å².